The summed E-state index contributed by atoms with van der Waals surface area (Å²) >= 11 is 0. The van der Waals surface area contributed by atoms with Crippen molar-refractivity contribution in [2.75, 3.05) is 12.3 Å². The normalized spacial score (nSPS) is 21.3. The van der Waals surface area contributed by atoms with Crippen molar-refractivity contribution in [1.29, 1.82) is 0 Å². The first-order valence-corrected chi connectivity index (χ1v) is 4.70. The number of nitrogens with one attached hydrogen (secondary N) is 1. The van der Waals surface area contributed by atoms with Crippen LogP contribution in [0.4, 0.5) is 5.69 Å². The van der Waals surface area contributed by atoms with E-state index in [4.69, 9.17) is 5.73 Å². The number of hydrogen-bond acceptors (Lipinski definition) is 3. The van der Waals surface area contributed by atoms with Gasteiger partial charge >= 0.3 is 0 Å². The number of nitrogens with two attached hydrogens (primary N) is 1. The van der Waals surface area contributed by atoms with Gasteiger partial charge < -0.3 is 11.1 Å². The lowest BCUT2D eigenvalue weighted by Crippen LogP contribution is -2.23. The molecule has 14 heavy (non-hydrogen) atoms. The molecule has 2 rings (SSSR count). The van der Waals surface area contributed by atoms with Gasteiger partial charge in [-0.25, -0.2) is 0 Å². The van der Waals surface area contributed by atoms with Crippen molar-refractivity contribution in [3.05, 3.63) is 11.4 Å². The first kappa shape index (κ1) is 9.05. The molecule has 0 saturated carbocycles. The molecular formula is C9H14N4O. The monoisotopic (exact) mass is 194 g/mol. The molecular weight excluding hydrogens is 180 g/mol. The number of aryl methyl sites for hydroxylation is 1. The lowest BCUT2D eigenvalue weighted by molar-refractivity contribution is -0.122. The van der Waals surface area contributed by atoms with Gasteiger partial charge in [0.2, 0.25) is 5.91 Å². The second-order valence-corrected chi connectivity index (χ2v) is 3.62. The van der Waals surface area contributed by atoms with Gasteiger partial charge in [-0.3, -0.25) is 9.48 Å². The molecule has 0 spiro atoms. The van der Waals surface area contributed by atoms with E-state index in [-0.39, 0.29) is 11.9 Å². The average Bonchev–Trinajstić information content (AvgIpc) is 2.66. The Bertz CT molecular complexity index is 382. The summed E-state index contributed by atoms with van der Waals surface area (Å²) in [4.78, 5) is 11.4. The molecule has 0 bridgehead atoms. The molecule has 1 aromatic rings. The Morgan fingerprint density at radius 1 is 1.57 bits per heavy atom. The van der Waals surface area contributed by atoms with Gasteiger partial charge in [0.05, 0.1) is 17.1 Å². The quantitative estimate of drug-likeness (QED) is 0.668. The van der Waals surface area contributed by atoms with Crippen LogP contribution in [0.1, 0.15) is 23.9 Å². The maximum Gasteiger partial charge on any atom is 0.244 e. The standard InChI is InChI=1S/C9H14N4O/c1-5-8(10)6(2)13(12-5)7-3-4-11-9(7)14/h7H,3-4,10H2,1-2H3,(H,11,14). The smallest absolute Gasteiger partial charge is 0.244 e. The van der Waals surface area contributed by atoms with E-state index in [0.29, 0.717) is 5.69 Å². The van der Waals surface area contributed by atoms with Crippen LogP contribution < -0.4 is 11.1 Å². The van der Waals surface area contributed by atoms with Crippen molar-refractivity contribution in [3.8, 4) is 0 Å². The molecule has 0 radical (unpaired) electrons. The van der Waals surface area contributed by atoms with Crippen LogP contribution >= 0.6 is 0 Å². The van der Waals surface area contributed by atoms with E-state index < -0.39 is 0 Å². The fourth-order valence-corrected chi connectivity index (χ4v) is 1.79. The zero-order chi connectivity index (χ0) is 10.3. The fourth-order valence-electron chi connectivity index (χ4n) is 1.79. The van der Waals surface area contributed by atoms with E-state index >= 15 is 0 Å². The maximum atomic E-state index is 11.4. The number of anilines is 1. The number of nitrogen functional groups attached to an aromatic ring is 1. The second-order valence-electron chi connectivity index (χ2n) is 3.62. The lowest BCUT2D eigenvalue weighted by Gasteiger charge is -2.09. The van der Waals surface area contributed by atoms with Gasteiger partial charge in [0.1, 0.15) is 6.04 Å². The van der Waals surface area contributed by atoms with Crippen LogP contribution in [0.3, 0.4) is 0 Å². The minimum Gasteiger partial charge on any atom is -0.396 e. The van der Waals surface area contributed by atoms with Crippen LogP contribution in [0.15, 0.2) is 0 Å². The average molecular weight is 194 g/mol. The summed E-state index contributed by atoms with van der Waals surface area (Å²) < 4.78 is 1.73. The van der Waals surface area contributed by atoms with E-state index in [1.54, 1.807) is 4.68 Å². The zero-order valence-corrected chi connectivity index (χ0v) is 8.37. The number of amides is 1. The lowest BCUT2D eigenvalue weighted by atomic mass is 10.2. The van der Waals surface area contributed by atoms with Gasteiger partial charge in [-0.15, -0.1) is 0 Å². The molecule has 1 aromatic heterocycles. The molecule has 1 amide bonds. The van der Waals surface area contributed by atoms with Gasteiger partial charge in [0.25, 0.3) is 0 Å². The molecule has 0 aliphatic carbocycles. The number of nitrogens with zero attached hydrogens (tertiary/aromatic N) is 2. The van der Waals surface area contributed by atoms with Gasteiger partial charge in [0, 0.05) is 6.54 Å². The molecule has 1 atom stereocenters. The first-order valence-electron chi connectivity index (χ1n) is 4.70. The Balaban J connectivity index is 2.41. The van der Waals surface area contributed by atoms with Gasteiger partial charge in [-0.05, 0) is 20.3 Å². The highest BCUT2D eigenvalue weighted by molar-refractivity contribution is 5.82. The fraction of sp³-hybridized carbons (Fsp3) is 0.556. The Morgan fingerprint density at radius 3 is 2.71 bits per heavy atom. The SMILES string of the molecule is Cc1nn(C2CCNC2=O)c(C)c1N. The molecule has 0 aromatic carbocycles. The molecule has 3 N–H and O–H groups in total. The van der Waals surface area contributed by atoms with Crippen LogP contribution in [0.25, 0.3) is 0 Å². The van der Waals surface area contributed by atoms with E-state index in [9.17, 15) is 4.79 Å². The first-order chi connectivity index (χ1) is 6.61. The summed E-state index contributed by atoms with van der Waals surface area (Å²) in [7, 11) is 0. The molecule has 1 aliphatic rings. The van der Waals surface area contributed by atoms with Crippen LogP contribution in [-0.4, -0.2) is 22.2 Å². The molecule has 76 valence electrons. The molecule has 1 aliphatic heterocycles. The number of hydrogen-bond donors (Lipinski definition) is 2. The Morgan fingerprint density at radius 2 is 2.29 bits per heavy atom. The van der Waals surface area contributed by atoms with Crippen molar-refractivity contribution >= 4 is 11.6 Å². The Labute approximate surface area is 82.3 Å². The van der Waals surface area contributed by atoms with Gasteiger partial charge in [0.15, 0.2) is 0 Å². The summed E-state index contributed by atoms with van der Waals surface area (Å²) in [6.07, 6.45) is 0.792. The third-order valence-electron chi connectivity index (χ3n) is 2.70. The highest BCUT2D eigenvalue weighted by Gasteiger charge is 2.28. The van der Waals surface area contributed by atoms with Crippen LogP contribution in [0.2, 0.25) is 0 Å². The molecule has 5 heteroatoms. The Hall–Kier alpha value is -1.52. The minimum absolute atomic E-state index is 0.0376. The van der Waals surface area contributed by atoms with E-state index in [2.05, 4.69) is 10.4 Å². The highest BCUT2D eigenvalue weighted by atomic mass is 16.2. The molecule has 5 nitrogen and oxygen atoms in total. The van der Waals surface area contributed by atoms with E-state index in [1.807, 2.05) is 13.8 Å². The zero-order valence-electron chi connectivity index (χ0n) is 8.37. The molecule has 1 fully saturated rings. The molecule has 2 heterocycles. The van der Waals surface area contributed by atoms with E-state index in [1.165, 1.54) is 0 Å². The van der Waals surface area contributed by atoms with Crippen molar-refractivity contribution in [2.24, 2.45) is 0 Å². The number of carbonyl (C=O) groups excluding carboxylic acids is 1. The maximum absolute atomic E-state index is 11.4. The summed E-state index contributed by atoms with van der Waals surface area (Å²) in [5.74, 6) is 0.0376. The van der Waals surface area contributed by atoms with Crippen LogP contribution in [0, 0.1) is 13.8 Å². The van der Waals surface area contributed by atoms with E-state index in [0.717, 1.165) is 24.4 Å². The predicted octanol–water partition coefficient (Wildman–Crippen LogP) is 0.143. The van der Waals surface area contributed by atoms with Crippen LogP contribution in [0.5, 0.6) is 0 Å². The minimum atomic E-state index is -0.175. The molecule has 1 unspecified atom stereocenters. The summed E-state index contributed by atoms with van der Waals surface area (Å²) in [6, 6.07) is -0.175. The Kier molecular flexibility index (Phi) is 1.94. The topological polar surface area (TPSA) is 72.9 Å². The van der Waals surface area contributed by atoms with Crippen molar-refractivity contribution in [2.45, 2.75) is 26.3 Å². The summed E-state index contributed by atoms with van der Waals surface area (Å²) in [5.41, 5.74) is 8.16. The molecule has 1 saturated heterocycles. The summed E-state index contributed by atoms with van der Waals surface area (Å²) in [6.45, 7) is 4.47. The van der Waals surface area contributed by atoms with Crippen molar-refractivity contribution < 1.29 is 4.79 Å². The summed E-state index contributed by atoms with van der Waals surface area (Å²) in [5, 5.41) is 7.06. The second kappa shape index (κ2) is 3.01. The number of aromatic nitrogens is 2. The van der Waals surface area contributed by atoms with Crippen molar-refractivity contribution in [1.82, 2.24) is 15.1 Å². The van der Waals surface area contributed by atoms with Crippen molar-refractivity contribution in [3.63, 3.8) is 0 Å². The van der Waals surface area contributed by atoms with Crippen LogP contribution in [-0.2, 0) is 4.79 Å². The third kappa shape index (κ3) is 1.16. The number of carbonyl (C=O) groups is 1. The third-order valence-corrected chi connectivity index (χ3v) is 2.70. The van der Waals surface area contributed by atoms with Gasteiger partial charge in [-0.1, -0.05) is 0 Å². The number of rotatable bonds is 1. The largest absolute Gasteiger partial charge is 0.396 e. The predicted molar refractivity (Wildman–Crippen MR) is 52.8 cm³/mol. The highest BCUT2D eigenvalue weighted by Crippen LogP contribution is 2.23. The van der Waals surface area contributed by atoms with Gasteiger partial charge in [-0.2, -0.15) is 5.10 Å².